The highest BCUT2D eigenvalue weighted by Gasteiger charge is 2.11. The fourth-order valence-corrected chi connectivity index (χ4v) is 2.38. The Hall–Kier alpha value is -2.96. The van der Waals surface area contributed by atoms with Gasteiger partial charge in [0.2, 0.25) is 11.2 Å². The van der Waals surface area contributed by atoms with Crippen LogP contribution in [0.4, 0.5) is 0 Å². The highest BCUT2D eigenvalue weighted by atomic mass is 16.5. The molecule has 0 N–H and O–H groups in total. The lowest BCUT2D eigenvalue weighted by molar-refractivity contribution is -0.144. The van der Waals surface area contributed by atoms with Crippen LogP contribution in [0.5, 0.6) is 17.2 Å². The predicted octanol–water partition coefficient (Wildman–Crippen LogP) is 3.37. The summed E-state index contributed by atoms with van der Waals surface area (Å²) in [5.74, 6) is 1.55. The van der Waals surface area contributed by atoms with E-state index in [-0.39, 0.29) is 30.0 Å². The average molecular weight is 390 g/mol. The summed E-state index contributed by atoms with van der Waals surface area (Å²) < 4.78 is 26.3. The molecule has 0 aliphatic carbocycles. The second kappa shape index (κ2) is 10.4. The lowest BCUT2D eigenvalue weighted by atomic mass is 10.1. The van der Waals surface area contributed by atoms with Gasteiger partial charge in [-0.1, -0.05) is 19.9 Å². The molecular formula is C21H26O7. The third kappa shape index (κ3) is 6.33. The Kier molecular flexibility index (Phi) is 7.92. The monoisotopic (exact) mass is 390 g/mol. The van der Waals surface area contributed by atoms with E-state index in [0.717, 1.165) is 12.0 Å². The maximum absolute atomic E-state index is 12.1. The van der Waals surface area contributed by atoms with Crippen molar-refractivity contribution in [1.82, 2.24) is 0 Å². The molecule has 2 aromatic rings. The summed E-state index contributed by atoms with van der Waals surface area (Å²) in [5.41, 5.74) is 0.416. The number of carbonyl (C=O) groups excluding carboxylic acids is 1. The van der Waals surface area contributed by atoms with Gasteiger partial charge in [-0.3, -0.25) is 9.59 Å². The highest BCUT2D eigenvalue weighted by Crippen LogP contribution is 2.27. The van der Waals surface area contributed by atoms with Crippen molar-refractivity contribution in [3.8, 4) is 17.2 Å². The van der Waals surface area contributed by atoms with E-state index >= 15 is 0 Å². The van der Waals surface area contributed by atoms with Crippen LogP contribution < -0.4 is 19.6 Å². The predicted molar refractivity (Wildman–Crippen MR) is 103 cm³/mol. The zero-order chi connectivity index (χ0) is 20.5. The van der Waals surface area contributed by atoms with Gasteiger partial charge >= 0.3 is 5.97 Å². The maximum atomic E-state index is 12.1. The molecule has 0 saturated heterocycles. The van der Waals surface area contributed by atoms with E-state index in [9.17, 15) is 9.59 Å². The van der Waals surface area contributed by atoms with Crippen LogP contribution in [0, 0.1) is 5.92 Å². The summed E-state index contributed by atoms with van der Waals surface area (Å²) in [4.78, 5) is 24.1. The topological polar surface area (TPSA) is 84.2 Å². The third-order valence-electron chi connectivity index (χ3n) is 3.98. The molecule has 0 aliphatic heterocycles. The fourth-order valence-electron chi connectivity index (χ4n) is 2.38. The molecule has 7 heteroatoms. The third-order valence-corrected chi connectivity index (χ3v) is 3.98. The summed E-state index contributed by atoms with van der Waals surface area (Å²) >= 11 is 0. The van der Waals surface area contributed by atoms with Crippen molar-refractivity contribution >= 4 is 5.97 Å². The average Bonchev–Trinajstić information content (AvgIpc) is 2.67. The van der Waals surface area contributed by atoms with Gasteiger partial charge in [0.25, 0.3) is 0 Å². The molecule has 0 saturated carbocycles. The number of hydrogen-bond acceptors (Lipinski definition) is 7. The normalized spacial score (nSPS) is 10.6. The van der Waals surface area contributed by atoms with Gasteiger partial charge in [0.05, 0.1) is 27.2 Å². The molecule has 0 fully saturated rings. The summed E-state index contributed by atoms with van der Waals surface area (Å²) in [6.07, 6.45) is 2.15. The fraction of sp³-hybridized carbons (Fsp3) is 0.429. The number of methoxy groups -OCH3 is 2. The van der Waals surface area contributed by atoms with Crippen molar-refractivity contribution in [2.24, 2.45) is 5.92 Å². The first-order chi connectivity index (χ1) is 13.4. The van der Waals surface area contributed by atoms with Crippen molar-refractivity contribution in [1.29, 1.82) is 0 Å². The van der Waals surface area contributed by atoms with Gasteiger partial charge in [0.15, 0.2) is 11.5 Å². The second-order valence-corrected chi connectivity index (χ2v) is 6.63. The van der Waals surface area contributed by atoms with Gasteiger partial charge in [0, 0.05) is 6.07 Å². The van der Waals surface area contributed by atoms with Crippen molar-refractivity contribution in [3.05, 3.63) is 52.1 Å². The molecule has 152 valence electrons. The largest absolute Gasteiger partial charge is 0.493 e. The molecule has 0 atom stereocenters. The van der Waals surface area contributed by atoms with Gasteiger partial charge < -0.3 is 23.4 Å². The number of rotatable bonds is 10. The van der Waals surface area contributed by atoms with Crippen LogP contribution in [0.15, 0.2) is 39.7 Å². The van der Waals surface area contributed by atoms with Crippen LogP contribution >= 0.6 is 0 Å². The van der Waals surface area contributed by atoms with E-state index in [1.165, 1.54) is 19.4 Å². The Morgan fingerprint density at radius 2 is 1.82 bits per heavy atom. The van der Waals surface area contributed by atoms with Crippen molar-refractivity contribution < 1.29 is 28.2 Å². The van der Waals surface area contributed by atoms with E-state index in [1.807, 2.05) is 0 Å². The molecule has 0 radical (unpaired) electrons. The van der Waals surface area contributed by atoms with Crippen molar-refractivity contribution in [2.75, 3.05) is 20.8 Å². The molecule has 0 bridgehead atoms. The number of hydrogen-bond donors (Lipinski definition) is 0. The lowest BCUT2D eigenvalue weighted by Crippen LogP contribution is -2.12. The van der Waals surface area contributed by atoms with Crippen molar-refractivity contribution in [2.45, 2.75) is 33.3 Å². The van der Waals surface area contributed by atoms with E-state index in [2.05, 4.69) is 13.8 Å². The summed E-state index contributed by atoms with van der Waals surface area (Å²) in [6, 6.07) is 6.46. The van der Waals surface area contributed by atoms with E-state index < -0.39 is 5.97 Å². The Balaban J connectivity index is 1.89. The molecule has 28 heavy (non-hydrogen) atoms. The number of benzene rings is 1. The molecule has 1 heterocycles. The minimum absolute atomic E-state index is 0.0565. The van der Waals surface area contributed by atoms with E-state index in [1.54, 1.807) is 25.3 Å². The lowest BCUT2D eigenvalue weighted by Gasteiger charge is -2.10. The van der Waals surface area contributed by atoms with Gasteiger partial charge in [0.1, 0.15) is 18.6 Å². The van der Waals surface area contributed by atoms with Gasteiger partial charge in [-0.05, 0) is 30.0 Å². The standard InChI is InChI=1S/C21H26O7/c1-14(2)7-8-26-20-13-27-16(11-17(20)22)12-28-21(23)10-15-5-6-18(24-3)19(9-15)25-4/h5-6,9,11,13-14H,7-8,10,12H2,1-4H3. The zero-order valence-electron chi connectivity index (χ0n) is 16.7. The van der Waals surface area contributed by atoms with Crippen LogP contribution in [0.3, 0.4) is 0 Å². The number of esters is 1. The van der Waals surface area contributed by atoms with Crippen LogP contribution in [0.25, 0.3) is 0 Å². The van der Waals surface area contributed by atoms with Crippen LogP contribution in [0.1, 0.15) is 31.6 Å². The van der Waals surface area contributed by atoms with E-state index in [0.29, 0.717) is 24.0 Å². The number of ether oxygens (including phenoxy) is 4. The first-order valence-electron chi connectivity index (χ1n) is 9.04. The smallest absolute Gasteiger partial charge is 0.310 e. The Labute approximate surface area is 164 Å². The van der Waals surface area contributed by atoms with Crippen LogP contribution in [-0.2, 0) is 22.6 Å². The minimum atomic E-state index is -0.452. The summed E-state index contributed by atoms with van der Waals surface area (Å²) in [6.45, 7) is 4.46. The Morgan fingerprint density at radius 1 is 1.07 bits per heavy atom. The Bertz CT molecular complexity index is 839. The molecule has 7 nitrogen and oxygen atoms in total. The summed E-state index contributed by atoms with van der Waals surface area (Å²) in [5, 5.41) is 0. The Morgan fingerprint density at radius 3 is 2.46 bits per heavy atom. The summed E-state index contributed by atoms with van der Waals surface area (Å²) in [7, 11) is 3.07. The molecule has 0 amide bonds. The zero-order valence-corrected chi connectivity index (χ0v) is 16.7. The molecule has 2 rings (SSSR count). The second-order valence-electron chi connectivity index (χ2n) is 6.63. The first-order valence-corrected chi connectivity index (χ1v) is 9.04. The van der Waals surface area contributed by atoms with Gasteiger partial charge in [-0.2, -0.15) is 0 Å². The first kappa shape index (κ1) is 21.3. The molecule has 0 unspecified atom stereocenters. The quantitative estimate of drug-likeness (QED) is 0.575. The van der Waals surface area contributed by atoms with Crippen molar-refractivity contribution in [3.63, 3.8) is 0 Å². The highest BCUT2D eigenvalue weighted by molar-refractivity contribution is 5.73. The van der Waals surface area contributed by atoms with Gasteiger partial charge in [-0.25, -0.2) is 0 Å². The maximum Gasteiger partial charge on any atom is 0.310 e. The van der Waals surface area contributed by atoms with Crippen LogP contribution in [-0.4, -0.2) is 26.8 Å². The molecular weight excluding hydrogens is 364 g/mol. The number of carbonyl (C=O) groups is 1. The minimum Gasteiger partial charge on any atom is -0.493 e. The SMILES string of the molecule is COc1ccc(CC(=O)OCc2cc(=O)c(OCCC(C)C)co2)cc1OC. The van der Waals surface area contributed by atoms with Crippen LogP contribution in [0.2, 0.25) is 0 Å². The van der Waals surface area contributed by atoms with E-state index in [4.69, 9.17) is 23.4 Å². The molecule has 1 aromatic heterocycles. The van der Waals surface area contributed by atoms with Gasteiger partial charge in [-0.15, -0.1) is 0 Å². The molecule has 1 aromatic carbocycles. The molecule has 0 aliphatic rings. The molecule has 0 spiro atoms.